The largest absolute Gasteiger partial charge is 0.481 e. The summed E-state index contributed by atoms with van der Waals surface area (Å²) in [5.74, 6) is -0.791. The second-order valence-electron chi connectivity index (χ2n) is 4.64. The smallest absolute Gasteiger partial charge is 0.307 e. The highest BCUT2D eigenvalue weighted by Crippen LogP contribution is 2.20. The summed E-state index contributed by atoms with van der Waals surface area (Å²) >= 11 is 1.74. The van der Waals surface area contributed by atoms with E-state index in [0.717, 1.165) is 24.1 Å². The maximum absolute atomic E-state index is 10.4. The SMILES string of the molecule is O=C(O)CC=Cc1ccc(CCCc2ccccc2)s1. The Morgan fingerprint density at radius 3 is 2.65 bits per heavy atom. The summed E-state index contributed by atoms with van der Waals surface area (Å²) in [5.41, 5.74) is 1.38. The first kappa shape index (κ1) is 14.5. The lowest BCUT2D eigenvalue weighted by atomic mass is 10.1. The Bertz CT molecular complexity index is 570. The Morgan fingerprint density at radius 2 is 1.90 bits per heavy atom. The fraction of sp³-hybridized carbons (Fsp3) is 0.235. The zero-order chi connectivity index (χ0) is 14.2. The third kappa shape index (κ3) is 5.02. The summed E-state index contributed by atoms with van der Waals surface area (Å²) in [7, 11) is 0. The molecule has 3 heteroatoms. The number of carbonyl (C=O) groups is 1. The predicted octanol–water partition coefficient (Wildman–Crippen LogP) is 4.41. The zero-order valence-corrected chi connectivity index (χ0v) is 12.1. The van der Waals surface area contributed by atoms with Gasteiger partial charge in [-0.15, -0.1) is 11.3 Å². The molecule has 0 amide bonds. The van der Waals surface area contributed by atoms with Gasteiger partial charge in [-0.25, -0.2) is 0 Å². The lowest BCUT2D eigenvalue weighted by molar-refractivity contribution is -0.135. The van der Waals surface area contributed by atoms with E-state index in [4.69, 9.17) is 5.11 Å². The van der Waals surface area contributed by atoms with Gasteiger partial charge in [-0.1, -0.05) is 36.4 Å². The van der Waals surface area contributed by atoms with Crippen molar-refractivity contribution >= 4 is 23.4 Å². The zero-order valence-electron chi connectivity index (χ0n) is 11.3. The third-order valence-corrected chi connectivity index (χ3v) is 4.10. The first-order chi connectivity index (χ1) is 9.74. The molecule has 0 radical (unpaired) electrons. The Kier molecular flexibility index (Phi) is 5.56. The van der Waals surface area contributed by atoms with Gasteiger partial charge >= 0.3 is 5.97 Å². The molecular formula is C17H18O2S. The summed E-state index contributed by atoms with van der Waals surface area (Å²) in [4.78, 5) is 12.9. The quantitative estimate of drug-likeness (QED) is 0.818. The van der Waals surface area contributed by atoms with E-state index < -0.39 is 5.97 Å². The van der Waals surface area contributed by atoms with E-state index in [0.29, 0.717) is 0 Å². The van der Waals surface area contributed by atoms with Gasteiger partial charge < -0.3 is 5.11 Å². The van der Waals surface area contributed by atoms with Crippen molar-refractivity contribution in [2.75, 3.05) is 0 Å². The van der Waals surface area contributed by atoms with E-state index in [1.54, 1.807) is 17.4 Å². The molecule has 104 valence electrons. The number of rotatable bonds is 7. The Hall–Kier alpha value is -1.87. The van der Waals surface area contributed by atoms with Gasteiger partial charge in [-0.2, -0.15) is 0 Å². The number of aliphatic carboxylic acids is 1. The number of carboxylic acids is 1. The molecule has 1 N–H and O–H groups in total. The third-order valence-electron chi connectivity index (χ3n) is 2.99. The fourth-order valence-electron chi connectivity index (χ4n) is 2.01. The maximum atomic E-state index is 10.4. The van der Waals surface area contributed by atoms with E-state index in [1.165, 1.54) is 10.4 Å². The maximum Gasteiger partial charge on any atom is 0.307 e. The summed E-state index contributed by atoms with van der Waals surface area (Å²) < 4.78 is 0. The molecule has 0 aliphatic rings. The highest BCUT2D eigenvalue weighted by molar-refractivity contribution is 7.12. The van der Waals surface area contributed by atoms with Gasteiger partial charge in [0.05, 0.1) is 6.42 Å². The van der Waals surface area contributed by atoms with E-state index in [9.17, 15) is 4.79 Å². The van der Waals surface area contributed by atoms with Crippen LogP contribution in [0.1, 0.15) is 28.2 Å². The Balaban J connectivity index is 1.78. The van der Waals surface area contributed by atoms with Crippen LogP contribution in [0.5, 0.6) is 0 Å². The number of hydrogen-bond acceptors (Lipinski definition) is 2. The monoisotopic (exact) mass is 286 g/mol. The minimum atomic E-state index is -0.791. The van der Waals surface area contributed by atoms with E-state index in [1.807, 2.05) is 12.1 Å². The molecule has 0 spiro atoms. The average Bonchev–Trinajstić information content (AvgIpc) is 2.87. The van der Waals surface area contributed by atoms with Gasteiger partial charge in [0.25, 0.3) is 0 Å². The highest BCUT2D eigenvalue weighted by Gasteiger charge is 1.99. The van der Waals surface area contributed by atoms with Gasteiger partial charge in [0, 0.05) is 9.75 Å². The van der Waals surface area contributed by atoms with Crippen LogP contribution >= 0.6 is 11.3 Å². The normalized spacial score (nSPS) is 11.0. The van der Waals surface area contributed by atoms with E-state index >= 15 is 0 Å². The van der Waals surface area contributed by atoms with Crippen molar-refractivity contribution in [3.8, 4) is 0 Å². The van der Waals surface area contributed by atoms with Gasteiger partial charge in [0.1, 0.15) is 0 Å². The first-order valence-electron chi connectivity index (χ1n) is 6.75. The molecule has 0 atom stereocenters. The minimum Gasteiger partial charge on any atom is -0.481 e. The molecule has 1 heterocycles. The second kappa shape index (κ2) is 7.65. The van der Waals surface area contributed by atoms with Gasteiger partial charge in [0.2, 0.25) is 0 Å². The standard InChI is InChI=1S/C17H18O2S/c18-17(19)11-5-10-16-13-12-15(20-16)9-4-8-14-6-2-1-3-7-14/h1-3,5-7,10,12-13H,4,8-9,11H2,(H,18,19). The number of thiophene rings is 1. The fourth-order valence-corrected chi connectivity index (χ4v) is 2.99. The number of carboxylic acid groups (broad SMARTS) is 1. The van der Waals surface area contributed by atoms with Crippen LogP contribution in [0.25, 0.3) is 6.08 Å². The second-order valence-corrected chi connectivity index (χ2v) is 5.84. The molecule has 0 saturated heterocycles. The number of hydrogen-bond donors (Lipinski definition) is 1. The molecule has 0 fully saturated rings. The van der Waals surface area contributed by atoms with Crippen LogP contribution in [-0.4, -0.2) is 11.1 Å². The summed E-state index contributed by atoms with van der Waals surface area (Å²) in [6.07, 6.45) is 6.99. The number of aryl methyl sites for hydroxylation is 2. The minimum absolute atomic E-state index is 0.0846. The molecule has 0 unspecified atom stereocenters. The van der Waals surface area contributed by atoms with Crippen LogP contribution in [0.2, 0.25) is 0 Å². The average molecular weight is 286 g/mol. The summed E-state index contributed by atoms with van der Waals surface area (Å²) in [6.45, 7) is 0. The van der Waals surface area contributed by atoms with Crippen molar-refractivity contribution in [3.05, 3.63) is 63.9 Å². The van der Waals surface area contributed by atoms with Crippen LogP contribution in [-0.2, 0) is 17.6 Å². The molecule has 2 aromatic rings. The van der Waals surface area contributed by atoms with Crippen molar-refractivity contribution in [2.24, 2.45) is 0 Å². The molecule has 1 aromatic carbocycles. The van der Waals surface area contributed by atoms with Crippen LogP contribution in [0, 0.1) is 0 Å². The molecule has 20 heavy (non-hydrogen) atoms. The van der Waals surface area contributed by atoms with Crippen LogP contribution in [0.3, 0.4) is 0 Å². The first-order valence-corrected chi connectivity index (χ1v) is 7.56. The summed E-state index contributed by atoms with van der Waals surface area (Å²) in [5, 5.41) is 8.57. The molecular weight excluding hydrogens is 268 g/mol. The molecule has 0 saturated carbocycles. The molecule has 2 nitrogen and oxygen atoms in total. The van der Waals surface area contributed by atoms with Crippen molar-refractivity contribution < 1.29 is 9.90 Å². The van der Waals surface area contributed by atoms with Crippen LogP contribution in [0.4, 0.5) is 0 Å². The lowest BCUT2D eigenvalue weighted by Gasteiger charge is -1.99. The van der Waals surface area contributed by atoms with Crippen molar-refractivity contribution in [1.29, 1.82) is 0 Å². The molecule has 1 aromatic heterocycles. The van der Waals surface area contributed by atoms with Crippen LogP contribution in [0.15, 0.2) is 48.5 Å². The lowest BCUT2D eigenvalue weighted by Crippen LogP contribution is -1.89. The van der Waals surface area contributed by atoms with Crippen LogP contribution < -0.4 is 0 Å². The van der Waals surface area contributed by atoms with Gasteiger partial charge in [-0.05, 0) is 43.0 Å². The van der Waals surface area contributed by atoms with E-state index in [2.05, 4.69) is 36.4 Å². The van der Waals surface area contributed by atoms with Crippen molar-refractivity contribution in [1.82, 2.24) is 0 Å². The highest BCUT2D eigenvalue weighted by atomic mass is 32.1. The molecule has 0 bridgehead atoms. The Morgan fingerprint density at radius 1 is 1.10 bits per heavy atom. The van der Waals surface area contributed by atoms with Crippen molar-refractivity contribution in [3.63, 3.8) is 0 Å². The predicted molar refractivity (Wildman–Crippen MR) is 84.1 cm³/mol. The topological polar surface area (TPSA) is 37.3 Å². The van der Waals surface area contributed by atoms with Crippen molar-refractivity contribution in [2.45, 2.75) is 25.7 Å². The van der Waals surface area contributed by atoms with E-state index in [-0.39, 0.29) is 6.42 Å². The Labute approximate surface area is 123 Å². The van der Waals surface area contributed by atoms with Gasteiger partial charge in [0.15, 0.2) is 0 Å². The summed E-state index contributed by atoms with van der Waals surface area (Å²) in [6, 6.07) is 14.7. The molecule has 0 aliphatic carbocycles. The molecule has 2 rings (SSSR count). The molecule has 0 aliphatic heterocycles. The number of benzene rings is 1. The van der Waals surface area contributed by atoms with Gasteiger partial charge in [-0.3, -0.25) is 4.79 Å².